The molecular weight excluding hydrogens is 295 g/mol. The van der Waals surface area contributed by atoms with E-state index in [4.69, 9.17) is 4.74 Å². The fraction of sp³-hybridized carbons (Fsp3) is 0.818. The largest absolute Gasteiger partial charge is 0.466 e. The van der Waals surface area contributed by atoms with Crippen molar-refractivity contribution in [2.45, 2.75) is 50.7 Å². The Bertz CT molecular complexity index is 459. The van der Waals surface area contributed by atoms with E-state index in [9.17, 15) is 22.8 Å². The Morgan fingerprint density at radius 1 is 1.29 bits per heavy atom. The van der Waals surface area contributed by atoms with Crippen molar-refractivity contribution < 1.29 is 32.2 Å². The van der Waals surface area contributed by atoms with Gasteiger partial charge in [-0.2, -0.15) is 23.4 Å². The maximum Gasteiger partial charge on any atom is 0.412 e. The number of halogens is 3. The summed E-state index contributed by atoms with van der Waals surface area (Å²) in [7, 11) is 0.970. The van der Waals surface area contributed by atoms with Gasteiger partial charge in [0.2, 0.25) is 0 Å². The molecule has 0 aromatic carbocycles. The van der Waals surface area contributed by atoms with Crippen molar-refractivity contribution in [3.8, 4) is 0 Å². The van der Waals surface area contributed by atoms with Crippen molar-refractivity contribution >= 4 is 12.1 Å². The summed E-state index contributed by atoms with van der Waals surface area (Å²) in [6, 6.07) is -2.19. The van der Waals surface area contributed by atoms with Gasteiger partial charge < -0.3 is 9.47 Å². The molecule has 1 N–H and O–H groups in total. The van der Waals surface area contributed by atoms with Crippen molar-refractivity contribution in [3.63, 3.8) is 0 Å². The number of alkyl carbamates (subject to hydrolysis) is 1. The number of carbonyl (C=O) groups is 2. The van der Waals surface area contributed by atoms with Crippen LogP contribution < -0.4 is 5.32 Å². The van der Waals surface area contributed by atoms with E-state index in [2.05, 4.69) is 15.0 Å². The lowest BCUT2D eigenvalue weighted by Crippen LogP contribution is -2.55. The molecule has 1 heterocycles. The van der Waals surface area contributed by atoms with Crippen LogP contribution in [0, 0.1) is 0 Å². The second-order valence-electron chi connectivity index (χ2n) is 5.46. The number of azo groups is 1. The van der Waals surface area contributed by atoms with Gasteiger partial charge in [0.1, 0.15) is 5.60 Å². The number of esters is 1. The van der Waals surface area contributed by atoms with Crippen LogP contribution in [0.25, 0.3) is 0 Å². The number of nitrogens with zero attached hydrogens (tertiary/aromatic N) is 2. The van der Waals surface area contributed by atoms with Crippen LogP contribution in [0.4, 0.5) is 18.0 Å². The standard InChI is InChI=1S/C11H16F3N3O4/c1-9(2,3)21-8(19)15-10(7(18)20-4)5-6(16-17-10)11(12,13)14/h6H,5H2,1-4H3,(H,15,19). The predicted octanol–water partition coefficient (Wildman–Crippen LogP) is 2.17. The second kappa shape index (κ2) is 5.49. The minimum atomic E-state index is -4.67. The molecule has 120 valence electrons. The first kappa shape index (κ1) is 17.2. The number of hydrogen-bond donors (Lipinski definition) is 1. The summed E-state index contributed by atoms with van der Waals surface area (Å²) in [5.74, 6) is -1.15. The van der Waals surface area contributed by atoms with E-state index in [1.165, 1.54) is 0 Å². The SMILES string of the molecule is COC(=O)C1(NC(=O)OC(C)(C)C)CC(C(F)(F)F)N=N1. The molecule has 0 aromatic rings. The smallest absolute Gasteiger partial charge is 0.412 e. The third-order valence-corrected chi connectivity index (χ3v) is 2.47. The van der Waals surface area contributed by atoms with E-state index in [1.54, 1.807) is 20.8 Å². The Hall–Kier alpha value is -1.87. The van der Waals surface area contributed by atoms with E-state index >= 15 is 0 Å². The number of amides is 1. The van der Waals surface area contributed by atoms with Crippen LogP contribution in [0.5, 0.6) is 0 Å². The minimum absolute atomic E-state index is 0.873. The molecule has 2 unspecified atom stereocenters. The van der Waals surface area contributed by atoms with Gasteiger partial charge in [-0.15, -0.1) is 0 Å². The highest BCUT2D eigenvalue weighted by atomic mass is 19.4. The molecule has 0 bridgehead atoms. The third-order valence-electron chi connectivity index (χ3n) is 2.47. The van der Waals surface area contributed by atoms with Gasteiger partial charge in [-0.05, 0) is 20.8 Å². The van der Waals surface area contributed by atoms with Crippen LogP contribution in [0.3, 0.4) is 0 Å². The average molecular weight is 311 g/mol. The fourth-order valence-corrected chi connectivity index (χ4v) is 1.60. The predicted molar refractivity (Wildman–Crippen MR) is 63.4 cm³/mol. The van der Waals surface area contributed by atoms with E-state index in [1.807, 2.05) is 5.32 Å². The molecule has 0 spiro atoms. The summed E-state index contributed by atoms with van der Waals surface area (Å²) in [4.78, 5) is 23.4. The Kier molecular flexibility index (Phi) is 4.49. The summed E-state index contributed by atoms with van der Waals surface area (Å²) in [5, 5.41) is 8.29. The summed E-state index contributed by atoms with van der Waals surface area (Å²) >= 11 is 0. The maximum absolute atomic E-state index is 12.6. The number of rotatable bonds is 2. The molecule has 7 nitrogen and oxygen atoms in total. The van der Waals surface area contributed by atoms with Crippen molar-refractivity contribution in [1.29, 1.82) is 0 Å². The number of carbonyl (C=O) groups excluding carboxylic acids is 2. The van der Waals surface area contributed by atoms with Gasteiger partial charge in [-0.3, -0.25) is 5.32 Å². The lowest BCUT2D eigenvalue weighted by atomic mass is 10.0. The van der Waals surface area contributed by atoms with Crippen LogP contribution in [-0.4, -0.2) is 42.7 Å². The summed E-state index contributed by atoms with van der Waals surface area (Å²) in [6.45, 7) is 4.68. The maximum atomic E-state index is 12.6. The zero-order chi connectivity index (χ0) is 16.5. The average Bonchev–Trinajstić information content (AvgIpc) is 2.70. The van der Waals surface area contributed by atoms with Gasteiger partial charge in [0.25, 0.3) is 5.66 Å². The van der Waals surface area contributed by atoms with Crippen LogP contribution in [0.1, 0.15) is 27.2 Å². The Balaban J connectivity index is 2.92. The monoisotopic (exact) mass is 311 g/mol. The molecule has 10 heteroatoms. The van der Waals surface area contributed by atoms with Gasteiger partial charge in [0, 0.05) is 6.42 Å². The van der Waals surface area contributed by atoms with Gasteiger partial charge in [0.15, 0.2) is 6.04 Å². The number of ether oxygens (including phenoxy) is 2. The number of nitrogens with one attached hydrogen (secondary N) is 1. The second-order valence-corrected chi connectivity index (χ2v) is 5.46. The Morgan fingerprint density at radius 3 is 2.24 bits per heavy atom. The van der Waals surface area contributed by atoms with E-state index in [-0.39, 0.29) is 0 Å². The van der Waals surface area contributed by atoms with Gasteiger partial charge in [-0.25, -0.2) is 9.59 Å². The van der Waals surface area contributed by atoms with E-state index in [0.717, 1.165) is 7.11 Å². The molecule has 1 amide bonds. The first-order chi connectivity index (χ1) is 9.39. The number of alkyl halides is 3. The van der Waals surface area contributed by atoms with Crippen molar-refractivity contribution in [3.05, 3.63) is 0 Å². The highest BCUT2D eigenvalue weighted by molar-refractivity contribution is 5.85. The number of methoxy groups -OCH3 is 1. The summed E-state index contributed by atoms with van der Waals surface area (Å²) in [5.41, 5.74) is -3.11. The highest BCUT2D eigenvalue weighted by Crippen LogP contribution is 2.36. The third kappa shape index (κ3) is 4.30. The quantitative estimate of drug-likeness (QED) is 0.791. The molecule has 0 fully saturated rings. The van der Waals surface area contributed by atoms with Crippen molar-refractivity contribution in [2.75, 3.05) is 7.11 Å². The van der Waals surface area contributed by atoms with Gasteiger partial charge >= 0.3 is 18.2 Å². The Labute approximate surface area is 118 Å². The highest BCUT2D eigenvalue weighted by Gasteiger charge is 2.55. The lowest BCUT2D eigenvalue weighted by Gasteiger charge is -2.26. The molecule has 0 saturated carbocycles. The van der Waals surface area contributed by atoms with Crippen LogP contribution in [-0.2, 0) is 14.3 Å². The van der Waals surface area contributed by atoms with Crippen LogP contribution in [0.15, 0.2) is 10.2 Å². The van der Waals surface area contributed by atoms with Crippen LogP contribution >= 0.6 is 0 Å². The summed E-state index contributed by atoms with van der Waals surface area (Å²) < 4.78 is 47.2. The minimum Gasteiger partial charge on any atom is -0.466 e. The zero-order valence-corrected chi connectivity index (χ0v) is 11.9. The molecule has 0 radical (unpaired) electrons. The fourth-order valence-electron chi connectivity index (χ4n) is 1.60. The van der Waals surface area contributed by atoms with E-state index in [0.29, 0.717) is 0 Å². The molecule has 0 saturated heterocycles. The van der Waals surface area contributed by atoms with Gasteiger partial charge in [0.05, 0.1) is 7.11 Å². The Morgan fingerprint density at radius 2 is 1.86 bits per heavy atom. The first-order valence-electron chi connectivity index (χ1n) is 5.98. The summed E-state index contributed by atoms with van der Waals surface area (Å²) in [6.07, 6.45) is -6.63. The molecule has 1 aliphatic heterocycles. The molecule has 2 atom stereocenters. The molecule has 1 aliphatic rings. The van der Waals surface area contributed by atoms with E-state index < -0.39 is 42.0 Å². The molecule has 0 aliphatic carbocycles. The zero-order valence-electron chi connectivity index (χ0n) is 11.9. The first-order valence-corrected chi connectivity index (χ1v) is 5.98. The molecular formula is C11H16F3N3O4. The topological polar surface area (TPSA) is 89.3 Å². The molecule has 1 rings (SSSR count). The normalized spacial score (nSPS) is 25.6. The van der Waals surface area contributed by atoms with Crippen molar-refractivity contribution in [2.24, 2.45) is 10.2 Å². The lowest BCUT2D eigenvalue weighted by molar-refractivity contribution is -0.155. The van der Waals surface area contributed by atoms with Crippen molar-refractivity contribution in [1.82, 2.24) is 5.32 Å². The van der Waals surface area contributed by atoms with Crippen LogP contribution in [0.2, 0.25) is 0 Å². The number of hydrogen-bond acceptors (Lipinski definition) is 6. The molecule has 21 heavy (non-hydrogen) atoms. The molecule has 0 aromatic heterocycles. The van der Waals surface area contributed by atoms with Gasteiger partial charge in [-0.1, -0.05) is 0 Å².